The molecular weight excluding hydrogens is 524 g/mol. The first kappa shape index (κ1) is 25.2. The number of piperazine rings is 1. The van der Waals surface area contributed by atoms with Crippen LogP contribution in [0, 0.1) is 5.82 Å². The SMILES string of the molecule is Oc1cc(-c2cc3nc(OCC45CCCN4C[C@H](F)C5)nc(N4C5CCC4CNC5)c3cc2F)c2ccccc2c1. The standard InChI is InChI=1S/C32H33F2N5O2/c33-20-14-32(8-3-9-38(32)17-20)18-41-31-36-29-13-26(25-11-23(40)10-19-4-1-2-5-24(19)25)28(34)12-27(29)30(37-31)39-21-6-7-22(39)16-35-15-21/h1-2,4-5,10-13,20-22,35,40H,3,6-9,14-18H2/t20-,21?,22?,32?/m1/s1. The number of phenolic OH excluding ortho intramolecular Hbond substituents is 1. The number of rotatable bonds is 5. The topological polar surface area (TPSA) is 73.8 Å². The van der Waals surface area contributed by atoms with Gasteiger partial charge in [0.2, 0.25) is 0 Å². The van der Waals surface area contributed by atoms with E-state index in [2.05, 4.69) is 15.1 Å². The van der Waals surface area contributed by atoms with Crippen LogP contribution >= 0.6 is 0 Å². The lowest BCUT2D eigenvalue weighted by molar-refractivity contribution is 0.107. The zero-order valence-corrected chi connectivity index (χ0v) is 22.8. The molecule has 0 spiro atoms. The highest BCUT2D eigenvalue weighted by Crippen LogP contribution is 2.42. The molecule has 4 saturated heterocycles. The molecule has 41 heavy (non-hydrogen) atoms. The largest absolute Gasteiger partial charge is 0.508 e. The Morgan fingerprint density at radius 2 is 1.85 bits per heavy atom. The first-order valence-corrected chi connectivity index (χ1v) is 14.7. The molecule has 4 atom stereocenters. The van der Waals surface area contributed by atoms with E-state index in [1.54, 1.807) is 18.2 Å². The Bertz CT molecular complexity index is 1650. The van der Waals surface area contributed by atoms with E-state index in [-0.39, 0.29) is 29.4 Å². The molecule has 0 amide bonds. The Labute approximate surface area is 237 Å². The number of fused-ring (bicyclic) bond motifs is 5. The maximum absolute atomic E-state index is 16.0. The van der Waals surface area contributed by atoms with E-state index in [4.69, 9.17) is 14.7 Å². The van der Waals surface area contributed by atoms with E-state index in [1.165, 1.54) is 6.07 Å². The summed E-state index contributed by atoms with van der Waals surface area (Å²) in [5.41, 5.74) is 1.23. The lowest BCUT2D eigenvalue weighted by Crippen LogP contribution is -2.52. The van der Waals surface area contributed by atoms with Crippen LogP contribution in [-0.4, -0.2) is 76.6 Å². The number of ether oxygens (including phenoxy) is 1. The summed E-state index contributed by atoms with van der Waals surface area (Å²) in [7, 11) is 0. The molecule has 2 N–H and O–H groups in total. The number of halogens is 2. The van der Waals surface area contributed by atoms with Crippen molar-refractivity contribution in [2.24, 2.45) is 0 Å². The molecule has 0 aliphatic carbocycles. The van der Waals surface area contributed by atoms with Gasteiger partial charge in [-0.1, -0.05) is 24.3 Å². The first-order valence-electron chi connectivity index (χ1n) is 14.7. The number of nitrogens with one attached hydrogen (secondary N) is 1. The quantitative estimate of drug-likeness (QED) is 0.350. The molecule has 0 saturated carbocycles. The van der Waals surface area contributed by atoms with Crippen molar-refractivity contribution in [3.63, 3.8) is 0 Å². The van der Waals surface area contributed by atoms with Crippen LogP contribution in [0.3, 0.4) is 0 Å². The van der Waals surface area contributed by atoms with Crippen LogP contribution in [0.15, 0.2) is 48.5 Å². The maximum Gasteiger partial charge on any atom is 0.319 e. The van der Waals surface area contributed by atoms with Gasteiger partial charge in [0.1, 0.15) is 30.2 Å². The zero-order valence-electron chi connectivity index (χ0n) is 22.8. The van der Waals surface area contributed by atoms with E-state index >= 15 is 4.39 Å². The minimum Gasteiger partial charge on any atom is -0.508 e. The van der Waals surface area contributed by atoms with Crippen molar-refractivity contribution in [1.82, 2.24) is 20.2 Å². The van der Waals surface area contributed by atoms with Crippen LogP contribution in [0.4, 0.5) is 14.6 Å². The number of benzene rings is 3. The summed E-state index contributed by atoms with van der Waals surface area (Å²) in [6.07, 6.45) is 3.65. The monoisotopic (exact) mass is 557 g/mol. The van der Waals surface area contributed by atoms with Gasteiger partial charge in [0.05, 0.1) is 11.1 Å². The zero-order chi connectivity index (χ0) is 27.7. The lowest BCUT2D eigenvalue weighted by Gasteiger charge is -2.37. The van der Waals surface area contributed by atoms with Crippen molar-refractivity contribution in [1.29, 1.82) is 0 Å². The molecule has 9 heteroatoms. The van der Waals surface area contributed by atoms with Gasteiger partial charge >= 0.3 is 6.01 Å². The normalized spacial score (nSPS) is 27.7. The fraction of sp³-hybridized carbons (Fsp3) is 0.438. The number of alkyl halides is 1. The molecule has 4 aromatic rings. The highest BCUT2D eigenvalue weighted by Gasteiger charge is 2.49. The number of nitrogens with zero attached hydrogens (tertiary/aromatic N) is 4. The third kappa shape index (κ3) is 4.12. The number of anilines is 1. The molecule has 4 fully saturated rings. The maximum atomic E-state index is 16.0. The summed E-state index contributed by atoms with van der Waals surface area (Å²) in [6, 6.07) is 15.0. The first-order chi connectivity index (χ1) is 20.0. The fourth-order valence-corrected chi connectivity index (χ4v) is 7.87. The van der Waals surface area contributed by atoms with Gasteiger partial charge in [0.15, 0.2) is 0 Å². The van der Waals surface area contributed by atoms with Crippen LogP contribution < -0.4 is 15.0 Å². The van der Waals surface area contributed by atoms with Crippen molar-refractivity contribution in [2.45, 2.75) is 55.9 Å². The second-order valence-corrected chi connectivity index (χ2v) is 12.2. The van der Waals surface area contributed by atoms with Gasteiger partial charge in [-0.3, -0.25) is 4.90 Å². The molecule has 1 aromatic heterocycles. The van der Waals surface area contributed by atoms with E-state index in [0.717, 1.165) is 56.1 Å². The lowest BCUT2D eigenvalue weighted by atomic mass is 9.95. The van der Waals surface area contributed by atoms with Gasteiger partial charge in [-0.25, -0.2) is 8.78 Å². The van der Waals surface area contributed by atoms with Gasteiger partial charge in [-0.2, -0.15) is 9.97 Å². The molecule has 5 heterocycles. The summed E-state index contributed by atoms with van der Waals surface area (Å²) in [5, 5.41) is 16.3. The Kier molecular flexibility index (Phi) is 5.83. The van der Waals surface area contributed by atoms with Crippen LogP contribution in [0.5, 0.6) is 11.8 Å². The van der Waals surface area contributed by atoms with Crippen molar-refractivity contribution in [3.8, 4) is 22.9 Å². The van der Waals surface area contributed by atoms with E-state index < -0.39 is 12.0 Å². The van der Waals surface area contributed by atoms with E-state index in [0.29, 0.717) is 47.4 Å². The summed E-state index contributed by atoms with van der Waals surface area (Å²) in [4.78, 5) is 14.3. The predicted octanol–water partition coefficient (Wildman–Crippen LogP) is 5.19. The number of hydrogen-bond donors (Lipinski definition) is 2. The van der Waals surface area contributed by atoms with Gasteiger partial charge in [-0.15, -0.1) is 0 Å². The van der Waals surface area contributed by atoms with Gasteiger partial charge in [0.25, 0.3) is 0 Å². The van der Waals surface area contributed by atoms with Gasteiger partial charge in [0, 0.05) is 49.1 Å². The Morgan fingerprint density at radius 1 is 1.02 bits per heavy atom. The number of phenols is 1. The average Bonchev–Trinajstić information content (AvgIpc) is 3.57. The Balaban J connectivity index is 1.26. The third-order valence-electron chi connectivity index (χ3n) is 9.74. The van der Waals surface area contributed by atoms with E-state index in [9.17, 15) is 9.50 Å². The number of aromatic nitrogens is 2. The summed E-state index contributed by atoms with van der Waals surface area (Å²) in [5.74, 6) is 0.376. The minimum absolute atomic E-state index is 0.0751. The van der Waals surface area contributed by atoms with E-state index in [1.807, 2.05) is 24.3 Å². The molecule has 0 radical (unpaired) electrons. The molecule has 8 rings (SSSR count). The minimum atomic E-state index is -0.842. The second kappa shape index (κ2) is 9.49. The van der Waals surface area contributed by atoms with Crippen LogP contribution in [-0.2, 0) is 0 Å². The second-order valence-electron chi connectivity index (χ2n) is 12.2. The number of hydrogen-bond acceptors (Lipinski definition) is 7. The van der Waals surface area contributed by atoms with Gasteiger partial charge < -0.3 is 20.1 Å². The van der Waals surface area contributed by atoms with Crippen molar-refractivity contribution in [3.05, 3.63) is 54.3 Å². The highest BCUT2D eigenvalue weighted by molar-refractivity contribution is 6.01. The molecule has 212 valence electrons. The fourth-order valence-electron chi connectivity index (χ4n) is 7.87. The van der Waals surface area contributed by atoms with Gasteiger partial charge in [-0.05, 0) is 72.8 Å². The molecule has 2 bridgehead atoms. The van der Waals surface area contributed by atoms with Crippen molar-refractivity contribution in [2.75, 3.05) is 37.7 Å². The third-order valence-corrected chi connectivity index (χ3v) is 9.74. The average molecular weight is 558 g/mol. The van der Waals surface area contributed by atoms with Crippen molar-refractivity contribution >= 4 is 27.5 Å². The van der Waals surface area contributed by atoms with Crippen molar-refractivity contribution < 1.29 is 18.6 Å². The molecule has 3 aromatic carbocycles. The van der Waals surface area contributed by atoms with Crippen LogP contribution in [0.1, 0.15) is 32.1 Å². The predicted molar refractivity (Wildman–Crippen MR) is 155 cm³/mol. The molecule has 3 unspecified atom stereocenters. The summed E-state index contributed by atoms with van der Waals surface area (Å²) < 4.78 is 36.8. The highest BCUT2D eigenvalue weighted by atomic mass is 19.1. The molecular formula is C32H33F2N5O2. The van der Waals surface area contributed by atoms with Crippen LogP contribution in [0.2, 0.25) is 0 Å². The smallest absolute Gasteiger partial charge is 0.319 e. The Hall–Kier alpha value is -3.56. The summed E-state index contributed by atoms with van der Waals surface area (Å²) >= 11 is 0. The molecule has 4 aliphatic rings. The summed E-state index contributed by atoms with van der Waals surface area (Å²) in [6.45, 7) is 3.38. The molecule has 4 aliphatic heterocycles. The van der Waals surface area contributed by atoms with Crippen LogP contribution in [0.25, 0.3) is 32.8 Å². The molecule has 7 nitrogen and oxygen atoms in total. The number of aromatic hydroxyl groups is 1. The Morgan fingerprint density at radius 3 is 2.71 bits per heavy atom.